The van der Waals surface area contributed by atoms with Crippen LogP contribution in [0.4, 0.5) is 11.4 Å². The molecule has 2 aromatic carbocycles. The third-order valence-electron chi connectivity index (χ3n) is 7.85. The van der Waals surface area contributed by atoms with E-state index in [4.69, 9.17) is 0 Å². The minimum atomic E-state index is 0.218. The van der Waals surface area contributed by atoms with Crippen molar-refractivity contribution in [3.05, 3.63) is 59.7 Å². The number of rotatable bonds is 4. The van der Waals surface area contributed by atoms with Crippen LogP contribution in [0, 0.1) is 12.8 Å². The lowest BCUT2D eigenvalue weighted by atomic mass is 9.86. The monoisotopic (exact) mass is 431 g/mol. The summed E-state index contributed by atoms with van der Waals surface area (Å²) >= 11 is 0. The Kier molecular flexibility index (Phi) is 6.49. The van der Waals surface area contributed by atoms with Crippen LogP contribution in [0.25, 0.3) is 0 Å². The number of fused-ring (bicyclic) bond motifs is 1. The Hall–Kier alpha value is -2.33. The van der Waals surface area contributed by atoms with Gasteiger partial charge in [0.1, 0.15) is 0 Å². The van der Waals surface area contributed by atoms with Gasteiger partial charge < -0.3 is 9.80 Å². The number of benzene rings is 2. The molecule has 170 valence electrons. The van der Waals surface area contributed by atoms with Crippen LogP contribution < -0.4 is 9.80 Å². The number of aryl methyl sites for hydroxylation is 2. The quantitative estimate of drug-likeness (QED) is 0.678. The molecular formula is C28H37N3O. The van der Waals surface area contributed by atoms with Gasteiger partial charge in [-0.1, -0.05) is 55.7 Å². The van der Waals surface area contributed by atoms with Crippen LogP contribution in [0.3, 0.4) is 0 Å². The van der Waals surface area contributed by atoms with Crippen molar-refractivity contribution in [1.29, 1.82) is 0 Å². The van der Waals surface area contributed by atoms with Crippen LogP contribution in [0.15, 0.2) is 48.5 Å². The van der Waals surface area contributed by atoms with Gasteiger partial charge in [0.15, 0.2) is 0 Å². The average molecular weight is 432 g/mol. The topological polar surface area (TPSA) is 26.8 Å². The number of amides is 1. The van der Waals surface area contributed by atoms with Gasteiger partial charge in [-0.3, -0.25) is 9.69 Å². The predicted molar refractivity (Wildman–Crippen MR) is 132 cm³/mol. The third kappa shape index (κ3) is 4.43. The lowest BCUT2D eigenvalue weighted by Gasteiger charge is -2.44. The van der Waals surface area contributed by atoms with Crippen molar-refractivity contribution in [2.24, 2.45) is 5.92 Å². The molecule has 1 atom stereocenters. The van der Waals surface area contributed by atoms with E-state index < -0.39 is 0 Å². The fourth-order valence-corrected chi connectivity index (χ4v) is 6.01. The molecule has 2 aromatic rings. The fraction of sp³-hybridized carbons (Fsp3) is 0.536. The first kappa shape index (κ1) is 21.5. The van der Waals surface area contributed by atoms with Gasteiger partial charge in [-0.15, -0.1) is 0 Å². The second-order valence-electron chi connectivity index (χ2n) is 9.94. The summed E-state index contributed by atoms with van der Waals surface area (Å²) in [6.45, 7) is 7.45. The zero-order chi connectivity index (χ0) is 21.9. The molecule has 0 N–H and O–H groups in total. The molecule has 0 radical (unpaired) electrons. The molecule has 1 aliphatic carbocycles. The van der Waals surface area contributed by atoms with Crippen molar-refractivity contribution < 1.29 is 4.79 Å². The van der Waals surface area contributed by atoms with Crippen LogP contribution in [0.1, 0.15) is 49.7 Å². The molecule has 0 bridgehead atoms. The van der Waals surface area contributed by atoms with Crippen LogP contribution in [-0.4, -0.2) is 49.6 Å². The molecule has 3 aliphatic rings. The summed E-state index contributed by atoms with van der Waals surface area (Å²) in [5, 5.41) is 0. The van der Waals surface area contributed by atoms with E-state index in [1.165, 1.54) is 41.8 Å². The first-order valence-corrected chi connectivity index (χ1v) is 12.6. The summed E-state index contributed by atoms with van der Waals surface area (Å²) in [7, 11) is 0. The van der Waals surface area contributed by atoms with Crippen LogP contribution >= 0.6 is 0 Å². The molecule has 1 amide bonds. The molecular weight excluding hydrogens is 394 g/mol. The number of hydrogen-bond donors (Lipinski definition) is 0. The van der Waals surface area contributed by atoms with Gasteiger partial charge in [-0.25, -0.2) is 0 Å². The third-order valence-corrected chi connectivity index (χ3v) is 7.85. The molecule has 1 unspecified atom stereocenters. The molecule has 1 saturated heterocycles. The van der Waals surface area contributed by atoms with E-state index in [2.05, 4.69) is 70.2 Å². The van der Waals surface area contributed by atoms with Gasteiger partial charge in [-0.05, 0) is 55.9 Å². The summed E-state index contributed by atoms with van der Waals surface area (Å²) in [6, 6.07) is 17.6. The Morgan fingerprint density at radius 1 is 0.844 bits per heavy atom. The number of nitrogens with zero attached hydrogens (tertiary/aromatic N) is 3. The van der Waals surface area contributed by atoms with Gasteiger partial charge in [-0.2, -0.15) is 0 Å². The van der Waals surface area contributed by atoms with Crippen molar-refractivity contribution in [2.45, 2.75) is 57.9 Å². The minimum absolute atomic E-state index is 0.218. The molecule has 2 heterocycles. The zero-order valence-corrected chi connectivity index (χ0v) is 19.5. The number of carbonyl (C=O) groups is 1. The van der Waals surface area contributed by atoms with Gasteiger partial charge in [0.25, 0.3) is 0 Å². The van der Waals surface area contributed by atoms with Crippen molar-refractivity contribution >= 4 is 17.3 Å². The fourth-order valence-electron chi connectivity index (χ4n) is 6.01. The highest BCUT2D eigenvalue weighted by molar-refractivity contribution is 5.97. The predicted octanol–water partition coefficient (Wildman–Crippen LogP) is 5.05. The van der Waals surface area contributed by atoms with Gasteiger partial charge in [0, 0.05) is 56.1 Å². The molecule has 1 saturated carbocycles. The molecule has 4 heteroatoms. The van der Waals surface area contributed by atoms with Gasteiger partial charge in [0.05, 0.1) is 0 Å². The Balaban J connectivity index is 1.29. The number of piperazine rings is 1. The van der Waals surface area contributed by atoms with E-state index in [9.17, 15) is 4.79 Å². The largest absolute Gasteiger partial charge is 0.369 e. The smallest absolute Gasteiger partial charge is 0.230 e. The molecule has 0 spiro atoms. The first-order chi connectivity index (χ1) is 15.7. The van der Waals surface area contributed by atoms with Crippen LogP contribution in [0.2, 0.25) is 0 Å². The zero-order valence-electron chi connectivity index (χ0n) is 19.5. The Bertz CT molecular complexity index is 928. The highest BCUT2D eigenvalue weighted by Crippen LogP contribution is 2.35. The Morgan fingerprint density at radius 2 is 1.53 bits per heavy atom. The lowest BCUT2D eigenvalue weighted by molar-refractivity contribution is -0.124. The van der Waals surface area contributed by atoms with Crippen molar-refractivity contribution in [3.63, 3.8) is 0 Å². The van der Waals surface area contributed by atoms with E-state index in [-0.39, 0.29) is 5.92 Å². The maximum absolute atomic E-state index is 13.7. The summed E-state index contributed by atoms with van der Waals surface area (Å²) in [6.07, 6.45) is 7.99. The van der Waals surface area contributed by atoms with Crippen molar-refractivity contribution in [1.82, 2.24) is 4.90 Å². The van der Waals surface area contributed by atoms with E-state index in [0.29, 0.717) is 11.9 Å². The van der Waals surface area contributed by atoms with E-state index in [1.807, 2.05) is 0 Å². The highest BCUT2D eigenvalue weighted by atomic mass is 16.2. The minimum Gasteiger partial charge on any atom is -0.369 e. The van der Waals surface area contributed by atoms with Crippen LogP contribution in [0.5, 0.6) is 0 Å². The van der Waals surface area contributed by atoms with Crippen LogP contribution in [-0.2, 0) is 11.2 Å². The molecule has 2 fully saturated rings. The molecule has 32 heavy (non-hydrogen) atoms. The summed E-state index contributed by atoms with van der Waals surface area (Å²) < 4.78 is 0. The van der Waals surface area contributed by atoms with E-state index in [1.54, 1.807) is 0 Å². The second-order valence-corrected chi connectivity index (χ2v) is 9.94. The number of carbonyl (C=O) groups excluding carboxylic acids is 1. The molecule has 2 aliphatic heterocycles. The number of anilines is 2. The molecule has 5 rings (SSSR count). The number of hydrogen-bond acceptors (Lipinski definition) is 3. The lowest BCUT2D eigenvalue weighted by Crippen LogP contribution is -2.55. The Labute approximate surface area is 193 Å². The maximum Gasteiger partial charge on any atom is 0.230 e. The summed E-state index contributed by atoms with van der Waals surface area (Å²) in [5.41, 5.74) is 5.25. The van der Waals surface area contributed by atoms with Gasteiger partial charge >= 0.3 is 0 Å². The average Bonchev–Trinajstić information content (AvgIpc) is 2.85. The second kappa shape index (κ2) is 9.66. The highest BCUT2D eigenvalue weighted by Gasteiger charge is 2.36. The summed E-state index contributed by atoms with van der Waals surface area (Å²) in [4.78, 5) is 21.1. The molecule has 0 aromatic heterocycles. The SMILES string of the molecule is Cc1ccccc1N1CCN(CC2CCc3ccccc3N2C(=O)C2CCCCC2)CC1. The summed E-state index contributed by atoms with van der Waals surface area (Å²) in [5.74, 6) is 0.607. The molecule has 4 nitrogen and oxygen atoms in total. The Morgan fingerprint density at radius 3 is 2.28 bits per heavy atom. The van der Waals surface area contributed by atoms with Crippen molar-refractivity contribution in [3.8, 4) is 0 Å². The van der Waals surface area contributed by atoms with E-state index >= 15 is 0 Å². The normalized spacial score (nSPS) is 22.6. The van der Waals surface area contributed by atoms with Gasteiger partial charge in [0.2, 0.25) is 5.91 Å². The van der Waals surface area contributed by atoms with Crippen molar-refractivity contribution in [2.75, 3.05) is 42.5 Å². The standard InChI is InChI=1S/C28H37N3O/c1-22-9-5-7-13-26(22)30-19-17-29(18-20-30)21-25-16-15-23-10-6-8-14-27(23)31(25)28(32)24-11-3-2-4-12-24/h5-10,13-14,24-25H,2-4,11-12,15-21H2,1H3. The number of para-hydroxylation sites is 2. The van der Waals surface area contributed by atoms with E-state index in [0.717, 1.165) is 58.4 Å². The first-order valence-electron chi connectivity index (χ1n) is 12.6. The maximum atomic E-state index is 13.7.